The molecule has 2 aromatic carbocycles. The molecule has 5 rings (SSSR count). The van der Waals surface area contributed by atoms with Gasteiger partial charge in [-0.15, -0.1) is 0 Å². The molecule has 0 N–H and O–H groups in total. The van der Waals surface area contributed by atoms with E-state index in [9.17, 15) is 4.79 Å². The van der Waals surface area contributed by atoms with Crippen LogP contribution < -0.4 is 14.2 Å². The number of rotatable bonds is 8. The van der Waals surface area contributed by atoms with Crippen LogP contribution in [0.2, 0.25) is 0 Å². The van der Waals surface area contributed by atoms with Crippen LogP contribution in [0.4, 0.5) is 0 Å². The van der Waals surface area contributed by atoms with Crippen LogP contribution in [0.15, 0.2) is 66.9 Å². The first-order chi connectivity index (χ1) is 17.2. The molecule has 182 valence electrons. The molecule has 1 saturated heterocycles. The monoisotopic (exact) mass is 474 g/mol. The lowest BCUT2D eigenvalue weighted by molar-refractivity contribution is -0.149. The second kappa shape index (κ2) is 10.4. The number of methoxy groups -OCH3 is 1. The number of nitrogens with zero attached hydrogens (tertiary/aromatic N) is 2. The summed E-state index contributed by atoms with van der Waals surface area (Å²) in [5, 5.41) is 0. The molecule has 2 aliphatic rings. The second-order valence-corrected chi connectivity index (χ2v) is 8.78. The first-order valence-corrected chi connectivity index (χ1v) is 12.0. The van der Waals surface area contributed by atoms with Crippen molar-refractivity contribution in [1.82, 2.24) is 9.88 Å². The summed E-state index contributed by atoms with van der Waals surface area (Å²) in [4.78, 5) is 20.3. The van der Waals surface area contributed by atoms with E-state index in [1.807, 2.05) is 73.8 Å². The Kier molecular flexibility index (Phi) is 6.86. The molecule has 0 spiro atoms. The van der Waals surface area contributed by atoms with Gasteiger partial charge in [0.05, 0.1) is 19.6 Å². The molecule has 35 heavy (non-hydrogen) atoms. The molecule has 1 aromatic heterocycles. The number of pyridine rings is 1. The Hall–Kier alpha value is -3.58. The summed E-state index contributed by atoms with van der Waals surface area (Å²) >= 11 is 0. The number of esters is 1. The predicted molar refractivity (Wildman–Crippen MR) is 131 cm³/mol. The van der Waals surface area contributed by atoms with Crippen LogP contribution in [0.3, 0.4) is 0 Å². The van der Waals surface area contributed by atoms with Gasteiger partial charge in [-0.3, -0.25) is 14.7 Å². The first kappa shape index (κ1) is 23.2. The molecule has 3 heterocycles. The normalized spacial score (nSPS) is 21.1. The zero-order valence-corrected chi connectivity index (χ0v) is 20.1. The highest BCUT2D eigenvalue weighted by Gasteiger charge is 2.48. The smallest absolute Gasteiger partial charge is 0.311 e. The van der Waals surface area contributed by atoms with Crippen LogP contribution in [0.25, 0.3) is 0 Å². The van der Waals surface area contributed by atoms with Crippen LogP contribution in [0.5, 0.6) is 17.2 Å². The van der Waals surface area contributed by atoms with Gasteiger partial charge in [-0.2, -0.15) is 0 Å². The zero-order chi connectivity index (χ0) is 24.2. The summed E-state index contributed by atoms with van der Waals surface area (Å²) < 4.78 is 22.1. The van der Waals surface area contributed by atoms with E-state index in [1.165, 1.54) is 0 Å². The van der Waals surface area contributed by atoms with E-state index in [1.54, 1.807) is 7.11 Å². The summed E-state index contributed by atoms with van der Waals surface area (Å²) in [5.74, 6) is 1.63. The molecule has 0 saturated carbocycles. The minimum atomic E-state index is -0.368. The summed E-state index contributed by atoms with van der Waals surface area (Å²) in [6, 6.07) is 19.8. The zero-order valence-electron chi connectivity index (χ0n) is 20.1. The van der Waals surface area contributed by atoms with E-state index in [0.717, 1.165) is 47.0 Å². The van der Waals surface area contributed by atoms with Crippen molar-refractivity contribution in [3.05, 3.63) is 83.7 Å². The van der Waals surface area contributed by atoms with Crippen LogP contribution in [0, 0.1) is 5.92 Å². The Morgan fingerprint density at radius 1 is 1.06 bits per heavy atom. The highest BCUT2D eigenvalue weighted by Crippen LogP contribution is 2.48. The lowest BCUT2D eigenvalue weighted by Gasteiger charge is -2.28. The van der Waals surface area contributed by atoms with Gasteiger partial charge >= 0.3 is 5.97 Å². The quantitative estimate of drug-likeness (QED) is 0.449. The third-order valence-electron chi connectivity index (χ3n) is 6.82. The molecule has 0 aliphatic carbocycles. The molecule has 0 bridgehead atoms. The molecule has 2 aliphatic heterocycles. The summed E-state index contributed by atoms with van der Waals surface area (Å²) in [5.41, 5.74) is 3.14. The van der Waals surface area contributed by atoms with Crippen LogP contribution in [0.1, 0.15) is 35.7 Å². The summed E-state index contributed by atoms with van der Waals surface area (Å²) in [6.45, 7) is 3.89. The van der Waals surface area contributed by atoms with E-state index >= 15 is 0 Å². The van der Waals surface area contributed by atoms with E-state index in [2.05, 4.69) is 9.88 Å². The van der Waals surface area contributed by atoms with Gasteiger partial charge < -0.3 is 18.9 Å². The molecular formula is C28H30N2O5. The average molecular weight is 475 g/mol. The first-order valence-electron chi connectivity index (χ1n) is 12.0. The maximum atomic E-state index is 13.4. The van der Waals surface area contributed by atoms with Crippen molar-refractivity contribution in [2.75, 3.05) is 33.6 Å². The fraction of sp³-hybridized carbons (Fsp3) is 0.357. The van der Waals surface area contributed by atoms with Gasteiger partial charge in [0.15, 0.2) is 11.5 Å². The topological polar surface area (TPSA) is 70.1 Å². The Morgan fingerprint density at radius 3 is 2.60 bits per heavy atom. The number of hydrogen-bond acceptors (Lipinski definition) is 7. The number of fused-ring (bicyclic) bond motifs is 1. The van der Waals surface area contributed by atoms with Crippen molar-refractivity contribution < 1.29 is 23.7 Å². The fourth-order valence-electron chi connectivity index (χ4n) is 5.17. The van der Waals surface area contributed by atoms with Gasteiger partial charge in [0, 0.05) is 43.4 Å². The fourth-order valence-corrected chi connectivity index (χ4v) is 5.17. The van der Waals surface area contributed by atoms with Gasteiger partial charge in [0.2, 0.25) is 6.79 Å². The number of hydrogen-bond donors (Lipinski definition) is 0. The number of carbonyl (C=O) groups excluding carboxylic acids is 1. The molecule has 0 unspecified atom stereocenters. The minimum Gasteiger partial charge on any atom is -0.497 e. The van der Waals surface area contributed by atoms with Gasteiger partial charge in [0.25, 0.3) is 0 Å². The molecule has 7 heteroatoms. The van der Waals surface area contributed by atoms with Gasteiger partial charge in [-0.05, 0) is 54.4 Å². The standard InChI is InChI=1S/C28H30N2O5/c1-3-33-28(31)26-23(20-9-12-24-25(16-20)35-18-34-24)17-30(15-13-21-6-4-5-14-29-21)27(26)19-7-10-22(32-2)11-8-19/h4-12,14,16,23,26-27H,3,13,15,17-18H2,1-2H3/t23-,26-,27+/m0/s1. The summed E-state index contributed by atoms with van der Waals surface area (Å²) in [7, 11) is 1.65. The van der Waals surface area contributed by atoms with Crippen molar-refractivity contribution in [2.24, 2.45) is 5.92 Å². The maximum absolute atomic E-state index is 13.4. The van der Waals surface area contributed by atoms with Gasteiger partial charge in [-0.25, -0.2) is 0 Å². The van der Waals surface area contributed by atoms with Crippen molar-refractivity contribution in [3.8, 4) is 17.2 Å². The van der Waals surface area contributed by atoms with E-state index in [-0.39, 0.29) is 30.6 Å². The lowest BCUT2D eigenvalue weighted by Crippen LogP contribution is -2.31. The van der Waals surface area contributed by atoms with E-state index in [0.29, 0.717) is 13.2 Å². The predicted octanol–water partition coefficient (Wildman–Crippen LogP) is 4.38. The number of ether oxygens (including phenoxy) is 4. The SMILES string of the molecule is CCOC(=O)[C@@H]1[C@@H](c2ccc(OC)cc2)N(CCc2ccccn2)C[C@H]1c1ccc2c(c1)OCO2. The van der Waals surface area contributed by atoms with Gasteiger partial charge in [0.1, 0.15) is 5.75 Å². The molecule has 7 nitrogen and oxygen atoms in total. The molecule has 0 amide bonds. The number of benzene rings is 2. The van der Waals surface area contributed by atoms with Crippen molar-refractivity contribution >= 4 is 5.97 Å². The van der Waals surface area contributed by atoms with Crippen LogP contribution in [-0.4, -0.2) is 49.5 Å². The largest absolute Gasteiger partial charge is 0.497 e. The van der Waals surface area contributed by atoms with Gasteiger partial charge in [-0.1, -0.05) is 24.3 Å². The number of carbonyl (C=O) groups is 1. The highest BCUT2D eigenvalue weighted by molar-refractivity contribution is 5.76. The van der Waals surface area contributed by atoms with E-state index in [4.69, 9.17) is 18.9 Å². The van der Waals surface area contributed by atoms with Crippen LogP contribution in [-0.2, 0) is 16.0 Å². The minimum absolute atomic E-state index is 0.0561. The van der Waals surface area contributed by atoms with Crippen molar-refractivity contribution in [3.63, 3.8) is 0 Å². The Labute approximate surface area is 205 Å². The third-order valence-corrected chi connectivity index (χ3v) is 6.82. The Bertz CT molecular complexity index is 1150. The molecule has 3 aromatic rings. The lowest BCUT2D eigenvalue weighted by atomic mass is 9.82. The molecule has 0 radical (unpaired) electrons. The molecule has 1 fully saturated rings. The third kappa shape index (κ3) is 4.82. The Morgan fingerprint density at radius 2 is 1.86 bits per heavy atom. The Balaban J connectivity index is 1.52. The second-order valence-electron chi connectivity index (χ2n) is 8.78. The van der Waals surface area contributed by atoms with E-state index < -0.39 is 0 Å². The molecular weight excluding hydrogens is 444 g/mol. The maximum Gasteiger partial charge on any atom is 0.311 e. The summed E-state index contributed by atoms with van der Waals surface area (Å²) in [6.07, 6.45) is 2.61. The van der Waals surface area contributed by atoms with Crippen LogP contribution >= 0.6 is 0 Å². The van der Waals surface area contributed by atoms with Crippen molar-refractivity contribution in [2.45, 2.75) is 25.3 Å². The molecule has 3 atom stereocenters. The highest BCUT2D eigenvalue weighted by atomic mass is 16.7. The number of likely N-dealkylation sites (tertiary alicyclic amines) is 1. The van der Waals surface area contributed by atoms with Crippen molar-refractivity contribution in [1.29, 1.82) is 0 Å². The average Bonchev–Trinajstić information content (AvgIpc) is 3.52. The number of aromatic nitrogens is 1.